The van der Waals surface area contributed by atoms with Crippen molar-refractivity contribution >= 4 is 17.6 Å². The molecule has 1 aromatic heterocycles. The van der Waals surface area contributed by atoms with E-state index in [0.717, 1.165) is 11.3 Å². The van der Waals surface area contributed by atoms with Gasteiger partial charge < -0.3 is 11.1 Å². The summed E-state index contributed by atoms with van der Waals surface area (Å²) in [6.07, 6.45) is 1.72. The fraction of sp³-hybridized carbons (Fsp3) is 0.545. The van der Waals surface area contributed by atoms with E-state index < -0.39 is 0 Å². The minimum atomic E-state index is 0.283. The summed E-state index contributed by atoms with van der Waals surface area (Å²) in [7, 11) is 1.96. The minimum Gasteiger partial charge on any atom is -0.383 e. The van der Waals surface area contributed by atoms with Gasteiger partial charge in [0.1, 0.15) is 5.82 Å². The van der Waals surface area contributed by atoms with Crippen LogP contribution >= 0.6 is 11.8 Å². The summed E-state index contributed by atoms with van der Waals surface area (Å²) in [4.78, 5) is 4.10. The Bertz CT molecular complexity index is 302. The molecule has 1 rings (SSSR count). The Labute approximate surface area is 95.9 Å². The minimum absolute atomic E-state index is 0.283. The van der Waals surface area contributed by atoms with Gasteiger partial charge in [-0.25, -0.2) is 4.98 Å². The van der Waals surface area contributed by atoms with E-state index in [9.17, 15) is 0 Å². The highest BCUT2D eigenvalue weighted by Crippen LogP contribution is 2.23. The van der Waals surface area contributed by atoms with E-state index in [1.165, 1.54) is 0 Å². The zero-order valence-electron chi connectivity index (χ0n) is 9.53. The Hall–Kier alpha value is -0.740. The van der Waals surface area contributed by atoms with E-state index in [4.69, 9.17) is 5.73 Å². The van der Waals surface area contributed by atoms with Gasteiger partial charge in [0.2, 0.25) is 0 Å². The van der Waals surface area contributed by atoms with Crippen LogP contribution in [-0.2, 0) is 0 Å². The van der Waals surface area contributed by atoms with Crippen molar-refractivity contribution in [2.24, 2.45) is 0 Å². The lowest BCUT2D eigenvalue weighted by atomic mass is 10.1. The van der Waals surface area contributed by atoms with Crippen LogP contribution in [0.4, 0.5) is 5.82 Å². The van der Waals surface area contributed by atoms with Gasteiger partial charge in [-0.15, -0.1) is 0 Å². The van der Waals surface area contributed by atoms with Crippen LogP contribution in [0.2, 0.25) is 0 Å². The standard InChI is InChI=1S/C11H19N3S/c1-8(2)15-7-10(13-3)9-5-4-6-14-11(9)12/h4-6,8,10,13H,7H2,1-3H3,(H2,12,14). The largest absolute Gasteiger partial charge is 0.383 e. The number of nitrogens with two attached hydrogens (primary N) is 1. The second kappa shape index (κ2) is 5.98. The van der Waals surface area contributed by atoms with Gasteiger partial charge in [0.15, 0.2) is 0 Å². The van der Waals surface area contributed by atoms with E-state index in [2.05, 4.69) is 24.1 Å². The molecule has 1 atom stereocenters. The number of pyridine rings is 1. The number of nitrogens with one attached hydrogen (secondary N) is 1. The molecule has 0 aromatic carbocycles. The van der Waals surface area contributed by atoms with E-state index >= 15 is 0 Å². The van der Waals surface area contributed by atoms with Crippen LogP contribution in [0.15, 0.2) is 18.3 Å². The van der Waals surface area contributed by atoms with Crippen molar-refractivity contribution < 1.29 is 0 Å². The first kappa shape index (κ1) is 12.3. The van der Waals surface area contributed by atoms with Crippen LogP contribution in [0, 0.1) is 0 Å². The van der Waals surface area contributed by atoms with Crippen LogP contribution in [0.5, 0.6) is 0 Å². The zero-order chi connectivity index (χ0) is 11.3. The third-order valence-electron chi connectivity index (χ3n) is 2.19. The Morgan fingerprint density at radius 3 is 2.80 bits per heavy atom. The molecule has 15 heavy (non-hydrogen) atoms. The molecule has 1 aromatic rings. The van der Waals surface area contributed by atoms with Gasteiger partial charge in [-0.05, 0) is 18.4 Å². The lowest BCUT2D eigenvalue weighted by Gasteiger charge is -2.18. The summed E-state index contributed by atoms with van der Waals surface area (Å²) >= 11 is 1.92. The third kappa shape index (κ3) is 3.72. The zero-order valence-corrected chi connectivity index (χ0v) is 10.3. The van der Waals surface area contributed by atoms with E-state index in [-0.39, 0.29) is 6.04 Å². The highest BCUT2D eigenvalue weighted by atomic mass is 32.2. The number of rotatable bonds is 5. The van der Waals surface area contributed by atoms with E-state index in [1.54, 1.807) is 6.20 Å². The molecule has 0 aliphatic carbocycles. The molecule has 0 bridgehead atoms. The fourth-order valence-corrected chi connectivity index (χ4v) is 2.27. The van der Waals surface area contributed by atoms with Gasteiger partial charge in [-0.3, -0.25) is 0 Å². The van der Waals surface area contributed by atoms with Crippen LogP contribution in [-0.4, -0.2) is 23.0 Å². The van der Waals surface area contributed by atoms with Crippen LogP contribution in [0.1, 0.15) is 25.5 Å². The Balaban J connectivity index is 2.70. The quantitative estimate of drug-likeness (QED) is 0.805. The van der Waals surface area contributed by atoms with Gasteiger partial charge in [0.05, 0.1) is 0 Å². The van der Waals surface area contributed by atoms with E-state index in [0.29, 0.717) is 11.1 Å². The number of nitrogen functional groups attached to an aromatic ring is 1. The Morgan fingerprint density at radius 2 is 2.27 bits per heavy atom. The first-order valence-electron chi connectivity index (χ1n) is 5.14. The molecule has 1 unspecified atom stereocenters. The Morgan fingerprint density at radius 1 is 1.53 bits per heavy atom. The Kier molecular flexibility index (Phi) is 4.91. The molecule has 1 heterocycles. The number of anilines is 1. The first-order valence-corrected chi connectivity index (χ1v) is 6.19. The normalized spacial score (nSPS) is 13.1. The average Bonchev–Trinajstić information content (AvgIpc) is 2.21. The molecule has 3 N–H and O–H groups in total. The molecule has 0 fully saturated rings. The second-order valence-electron chi connectivity index (χ2n) is 3.70. The molecule has 4 heteroatoms. The smallest absolute Gasteiger partial charge is 0.128 e. The molecule has 84 valence electrons. The maximum atomic E-state index is 5.84. The van der Waals surface area contributed by atoms with E-state index in [1.807, 2.05) is 30.9 Å². The van der Waals surface area contributed by atoms with Crippen molar-refractivity contribution in [1.82, 2.24) is 10.3 Å². The summed E-state index contributed by atoms with van der Waals surface area (Å²) in [6, 6.07) is 4.24. The molecular weight excluding hydrogens is 206 g/mol. The lowest BCUT2D eigenvalue weighted by Crippen LogP contribution is -2.21. The molecule has 0 aliphatic heterocycles. The van der Waals surface area contributed by atoms with Gasteiger partial charge >= 0.3 is 0 Å². The van der Waals surface area contributed by atoms with Gasteiger partial charge in [-0.1, -0.05) is 19.9 Å². The van der Waals surface area contributed by atoms with Crippen molar-refractivity contribution in [2.45, 2.75) is 25.1 Å². The van der Waals surface area contributed by atoms with Crippen molar-refractivity contribution in [1.29, 1.82) is 0 Å². The highest BCUT2D eigenvalue weighted by molar-refractivity contribution is 7.99. The summed E-state index contributed by atoms with van der Waals surface area (Å²) in [5.41, 5.74) is 6.93. The SMILES string of the molecule is CNC(CSC(C)C)c1cccnc1N. The van der Waals surface area contributed by atoms with Crippen molar-refractivity contribution in [3.05, 3.63) is 23.9 Å². The number of aromatic nitrogens is 1. The number of hydrogen-bond donors (Lipinski definition) is 2. The summed E-state index contributed by atoms with van der Waals surface area (Å²) in [6.45, 7) is 4.40. The maximum Gasteiger partial charge on any atom is 0.128 e. The fourth-order valence-electron chi connectivity index (χ4n) is 1.34. The van der Waals surface area contributed by atoms with Crippen LogP contribution in [0.3, 0.4) is 0 Å². The molecule has 0 radical (unpaired) electrons. The molecular formula is C11H19N3S. The lowest BCUT2D eigenvalue weighted by molar-refractivity contribution is 0.660. The van der Waals surface area contributed by atoms with Crippen LogP contribution < -0.4 is 11.1 Å². The predicted octanol–water partition coefficient (Wildman–Crippen LogP) is 2.07. The highest BCUT2D eigenvalue weighted by Gasteiger charge is 2.13. The predicted molar refractivity (Wildman–Crippen MR) is 68.0 cm³/mol. The summed E-state index contributed by atoms with van der Waals surface area (Å²) in [5.74, 6) is 1.64. The van der Waals surface area contributed by atoms with Gasteiger partial charge in [0, 0.05) is 23.6 Å². The number of hydrogen-bond acceptors (Lipinski definition) is 4. The average molecular weight is 225 g/mol. The third-order valence-corrected chi connectivity index (χ3v) is 3.38. The molecule has 0 saturated heterocycles. The molecule has 0 aliphatic rings. The van der Waals surface area contributed by atoms with Crippen molar-refractivity contribution in [3.63, 3.8) is 0 Å². The van der Waals surface area contributed by atoms with Crippen molar-refractivity contribution in [3.8, 4) is 0 Å². The van der Waals surface area contributed by atoms with Gasteiger partial charge in [-0.2, -0.15) is 11.8 Å². The summed E-state index contributed by atoms with van der Waals surface area (Å²) in [5, 5.41) is 3.91. The number of nitrogens with zero attached hydrogens (tertiary/aromatic N) is 1. The number of thioether (sulfide) groups is 1. The second-order valence-corrected chi connectivity index (χ2v) is 5.31. The monoisotopic (exact) mass is 225 g/mol. The molecule has 0 spiro atoms. The topological polar surface area (TPSA) is 50.9 Å². The molecule has 3 nitrogen and oxygen atoms in total. The van der Waals surface area contributed by atoms with Crippen LogP contribution in [0.25, 0.3) is 0 Å². The van der Waals surface area contributed by atoms with Gasteiger partial charge in [0.25, 0.3) is 0 Å². The van der Waals surface area contributed by atoms with Crippen molar-refractivity contribution in [2.75, 3.05) is 18.5 Å². The summed E-state index contributed by atoms with van der Waals surface area (Å²) < 4.78 is 0. The maximum absolute atomic E-state index is 5.84. The molecule has 0 amide bonds. The first-order chi connectivity index (χ1) is 7.15. The molecule has 0 saturated carbocycles.